The van der Waals surface area contributed by atoms with Gasteiger partial charge in [0, 0.05) is 29.6 Å². The highest BCUT2D eigenvalue weighted by molar-refractivity contribution is 6.27. The lowest BCUT2D eigenvalue weighted by Gasteiger charge is -2.22. The van der Waals surface area contributed by atoms with Crippen LogP contribution in [0.5, 0.6) is 5.75 Å². The lowest BCUT2D eigenvalue weighted by molar-refractivity contribution is -0.138. The van der Waals surface area contributed by atoms with Gasteiger partial charge >= 0.3 is 11.9 Å². The Bertz CT molecular complexity index is 805. The van der Waals surface area contributed by atoms with Crippen LogP contribution in [0.25, 0.3) is 0 Å². The predicted octanol–water partition coefficient (Wildman–Crippen LogP) is 3.36. The van der Waals surface area contributed by atoms with E-state index in [1.807, 2.05) is 0 Å². The van der Waals surface area contributed by atoms with Crippen molar-refractivity contribution in [2.24, 2.45) is 0 Å². The monoisotopic (exact) mass is 374 g/mol. The fourth-order valence-electron chi connectivity index (χ4n) is 3.24. The molecule has 3 N–H and O–H groups in total. The van der Waals surface area contributed by atoms with Crippen LogP contribution in [0, 0.1) is 0 Å². The Balaban J connectivity index is 2.25. The maximum absolute atomic E-state index is 12.9. The molecule has 0 atom stereocenters. The summed E-state index contributed by atoms with van der Waals surface area (Å²) < 4.78 is 0. The standard InChI is InChI=1S/C20H22O7/c21-15-9-5-8-14-18(15)20(27)13(7-2-4-11-17(24)25)12(19(14)26)6-1-3-10-16(22)23/h5,8-9,21H,1-4,6-7,10-11H2,(H,22,23)(H,24,25). The van der Waals surface area contributed by atoms with Crippen LogP contribution in [-0.4, -0.2) is 38.8 Å². The van der Waals surface area contributed by atoms with Crippen LogP contribution in [0.1, 0.15) is 72.1 Å². The van der Waals surface area contributed by atoms with E-state index in [2.05, 4.69) is 0 Å². The number of carboxylic acids is 2. The van der Waals surface area contributed by atoms with Gasteiger partial charge in [0.2, 0.25) is 0 Å². The number of phenolic OH excluding ortho intramolecular Hbond substituents is 1. The number of allylic oxidation sites excluding steroid dienone is 2. The van der Waals surface area contributed by atoms with Gasteiger partial charge in [0.25, 0.3) is 0 Å². The Morgan fingerprint density at radius 1 is 0.778 bits per heavy atom. The first-order chi connectivity index (χ1) is 12.8. The molecular formula is C20H22O7. The van der Waals surface area contributed by atoms with Crippen LogP contribution in [0.2, 0.25) is 0 Å². The average Bonchev–Trinajstić information content (AvgIpc) is 2.60. The molecule has 0 saturated heterocycles. The second kappa shape index (κ2) is 9.12. The average molecular weight is 374 g/mol. The first-order valence-electron chi connectivity index (χ1n) is 8.90. The zero-order chi connectivity index (χ0) is 20.0. The first kappa shape index (κ1) is 20.4. The van der Waals surface area contributed by atoms with E-state index in [0.717, 1.165) is 0 Å². The van der Waals surface area contributed by atoms with Gasteiger partial charge < -0.3 is 15.3 Å². The van der Waals surface area contributed by atoms with E-state index >= 15 is 0 Å². The van der Waals surface area contributed by atoms with E-state index < -0.39 is 17.7 Å². The van der Waals surface area contributed by atoms with Crippen molar-refractivity contribution in [1.29, 1.82) is 0 Å². The molecule has 0 aliphatic heterocycles. The second-order valence-electron chi connectivity index (χ2n) is 6.52. The minimum Gasteiger partial charge on any atom is -0.507 e. The molecule has 0 radical (unpaired) electrons. The summed E-state index contributed by atoms with van der Waals surface area (Å²) in [7, 11) is 0. The predicted molar refractivity (Wildman–Crippen MR) is 96.0 cm³/mol. The van der Waals surface area contributed by atoms with Gasteiger partial charge in [-0.25, -0.2) is 0 Å². The molecule has 2 rings (SSSR count). The number of carbonyl (C=O) groups is 4. The highest BCUT2D eigenvalue weighted by Crippen LogP contribution is 2.35. The fraction of sp³-hybridized carbons (Fsp3) is 0.400. The highest BCUT2D eigenvalue weighted by Gasteiger charge is 2.33. The molecule has 0 heterocycles. The van der Waals surface area contributed by atoms with E-state index in [4.69, 9.17) is 10.2 Å². The van der Waals surface area contributed by atoms with Crippen molar-refractivity contribution in [3.05, 3.63) is 40.5 Å². The third-order valence-electron chi connectivity index (χ3n) is 4.56. The van der Waals surface area contributed by atoms with Crippen molar-refractivity contribution in [3.63, 3.8) is 0 Å². The van der Waals surface area contributed by atoms with E-state index in [0.29, 0.717) is 36.8 Å². The van der Waals surface area contributed by atoms with E-state index in [9.17, 15) is 24.3 Å². The Labute approximate surface area is 156 Å². The molecule has 1 aromatic rings. The Morgan fingerprint density at radius 3 is 1.81 bits per heavy atom. The number of rotatable bonds is 10. The number of fused-ring (bicyclic) bond motifs is 1. The Kier molecular flexibility index (Phi) is 6.87. The summed E-state index contributed by atoms with van der Waals surface area (Å²) in [5, 5.41) is 27.5. The molecule has 0 spiro atoms. The number of phenols is 1. The summed E-state index contributed by atoms with van der Waals surface area (Å²) in [6.45, 7) is 0. The number of Topliss-reactive ketones (excluding diaryl/α,β-unsaturated/α-hetero) is 2. The molecule has 7 nitrogen and oxygen atoms in total. The topological polar surface area (TPSA) is 129 Å². The van der Waals surface area contributed by atoms with Crippen molar-refractivity contribution >= 4 is 23.5 Å². The first-order valence-corrected chi connectivity index (χ1v) is 8.90. The number of unbranched alkanes of at least 4 members (excludes halogenated alkanes) is 2. The van der Waals surface area contributed by atoms with Gasteiger partial charge in [0.1, 0.15) is 5.75 Å². The molecule has 0 saturated carbocycles. The summed E-state index contributed by atoms with van der Waals surface area (Å²) in [4.78, 5) is 47.1. The maximum atomic E-state index is 12.9. The summed E-state index contributed by atoms with van der Waals surface area (Å²) >= 11 is 0. The van der Waals surface area contributed by atoms with Crippen molar-refractivity contribution in [2.75, 3.05) is 0 Å². The molecule has 0 fully saturated rings. The third kappa shape index (κ3) is 5.03. The smallest absolute Gasteiger partial charge is 0.303 e. The molecule has 0 aromatic heterocycles. The minimum atomic E-state index is -0.924. The summed E-state index contributed by atoms with van der Waals surface area (Å²) in [6.07, 6.45) is 2.14. The third-order valence-corrected chi connectivity index (χ3v) is 4.56. The second-order valence-corrected chi connectivity index (χ2v) is 6.52. The van der Waals surface area contributed by atoms with Gasteiger partial charge in [0.05, 0.1) is 5.56 Å². The van der Waals surface area contributed by atoms with Crippen molar-refractivity contribution in [3.8, 4) is 5.75 Å². The van der Waals surface area contributed by atoms with Crippen LogP contribution in [-0.2, 0) is 9.59 Å². The van der Waals surface area contributed by atoms with E-state index in [1.165, 1.54) is 18.2 Å². The molecule has 1 aromatic carbocycles. The lowest BCUT2D eigenvalue weighted by Crippen LogP contribution is -2.22. The number of carbonyl (C=O) groups excluding carboxylic acids is 2. The number of hydrogen-bond acceptors (Lipinski definition) is 5. The van der Waals surface area contributed by atoms with Gasteiger partial charge in [-0.05, 0) is 44.6 Å². The van der Waals surface area contributed by atoms with Gasteiger partial charge in [-0.3, -0.25) is 19.2 Å². The van der Waals surface area contributed by atoms with Gasteiger partial charge in [-0.1, -0.05) is 12.1 Å². The van der Waals surface area contributed by atoms with Crippen LogP contribution in [0.4, 0.5) is 0 Å². The number of hydrogen-bond donors (Lipinski definition) is 3. The van der Waals surface area contributed by atoms with E-state index in [-0.39, 0.29) is 48.3 Å². The molecule has 0 unspecified atom stereocenters. The maximum Gasteiger partial charge on any atom is 0.303 e. The van der Waals surface area contributed by atoms with Crippen molar-refractivity contribution in [2.45, 2.75) is 51.4 Å². The summed E-state index contributed by atoms with van der Waals surface area (Å²) in [5.74, 6) is -2.83. The normalized spacial score (nSPS) is 13.6. The highest BCUT2D eigenvalue weighted by atomic mass is 16.4. The Hall–Kier alpha value is -2.96. The molecule has 7 heteroatoms. The molecule has 1 aliphatic carbocycles. The van der Waals surface area contributed by atoms with Crippen LogP contribution in [0.3, 0.4) is 0 Å². The molecule has 0 bridgehead atoms. The zero-order valence-electron chi connectivity index (χ0n) is 14.9. The van der Waals surface area contributed by atoms with Gasteiger partial charge in [0.15, 0.2) is 11.6 Å². The molecule has 1 aliphatic rings. The van der Waals surface area contributed by atoms with Crippen LogP contribution >= 0.6 is 0 Å². The number of aliphatic carboxylic acids is 2. The fourth-order valence-corrected chi connectivity index (χ4v) is 3.24. The molecular weight excluding hydrogens is 352 g/mol. The summed E-state index contributed by atoms with van der Waals surface area (Å²) in [6, 6.07) is 4.34. The lowest BCUT2D eigenvalue weighted by atomic mass is 9.80. The number of aromatic hydroxyl groups is 1. The SMILES string of the molecule is O=C(O)CCCCC1=C(CCCCC(=O)O)C(=O)c2c(O)cccc2C1=O. The number of carboxylic acid groups (broad SMARTS) is 2. The quantitative estimate of drug-likeness (QED) is 0.535. The van der Waals surface area contributed by atoms with Crippen molar-refractivity contribution in [1.82, 2.24) is 0 Å². The Morgan fingerprint density at radius 2 is 1.30 bits per heavy atom. The number of benzene rings is 1. The van der Waals surface area contributed by atoms with Crippen molar-refractivity contribution < 1.29 is 34.5 Å². The largest absolute Gasteiger partial charge is 0.507 e. The molecule has 27 heavy (non-hydrogen) atoms. The van der Waals surface area contributed by atoms with Gasteiger partial charge in [-0.2, -0.15) is 0 Å². The molecule has 0 amide bonds. The minimum absolute atomic E-state index is 0.00924. The van der Waals surface area contributed by atoms with Gasteiger partial charge in [-0.15, -0.1) is 0 Å². The molecule has 144 valence electrons. The van der Waals surface area contributed by atoms with E-state index in [1.54, 1.807) is 0 Å². The summed E-state index contributed by atoms with van der Waals surface area (Å²) in [5.41, 5.74) is 0.793. The van der Waals surface area contributed by atoms with Crippen LogP contribution in [0.15, 0.2) is 29.3 Å². The zero-order valence-corrected chi connectivity index (χ0v) is 14.9. The van der Waals surface area contributed by atoms with Crippen LogP contribution < -0.4 is 0 Å². The number of ketones is 2.